The quantitative estimate of drug-likeness (QED) is 0.815. The van der Waals surface area contributed by atoms with Gasteiger partial charge in [0.05, 0.1) is 20.5 Å². The number of nitrogens with one attached hydrogen (secondary N) is 1. The Morgan fingerprint density at radius 1 is 1.23 bits per heavy atom. The maximum Gasteiger partial charge on any atom is 0.208 e. The van der Waals surface area contributed by atoms with E-state index >= 15 is 0 Å². The highest BCUT2D eigenvalue weighted by Gasteiger charge is 2.24. The first kappa shape index (κ1) is 16.9. The van der Waals surface area contributed by atoms with Crippen molar-refractivity contribution in [2.75, 3.05) is 12.4 Å². The number of hydrogen-bond acceptors (Lipinski definition) is 4. The molecule has 0 spiro atoms. The van der Waals surface area contributed by atoms with Gasteiger partial charge in [0.25, 0.3) is 0 Å². The van der Waals surface area contributed by atoms with Crippen LogP contribution in [-0.2, 0) is 9.84 Å². The fourth-order valence-electron chi connectivity index (χ4n) is 2.08. The van der Waals surface area contributed by atoms with E-state index in [1.54, 1.807) is 19.2 Å². The van der Waals surface area contributed by atoms with Gasteiger partial charge in [0.15, 0.2) is 0 Å². The van der Waals surface area contributed by atoms with Gasteiger partial charge in [-0.3, -0.25) is 0 Å². The molecule has 22 heavy (non-hydrogen) atoms. The van der Waals surface area contributed by atoms with Crippen LogP contribution in [0.15, 0.2) is 57.2 Å². The lowest BCUT2D eigenvalue weighted by Gasteiger charge is -2.16. The molecule has 0 radical (unpaired) electrons. The molecule has 4 nitrogen and oxygen atoms in total. The largest absolute Gasteiger partial charge is 0.399 e. The average Bonchev–Trinajstić information content (AvgIpc) is 2.46. The van der Waals surface area contributed by atoms with Crippen molar-refractivity contribution in [3.05, 3.63) is 58.0 Å². The highest BCUT2D eigenvalue weighted by Crippen LogP contribution is 2.36. The highest BCUT2D eigenvalue weighted by molar-refractivity contribution is 9.10. The molecule has 2 rings (SSSR count). The maximum absolute atomic E-state index is 12.8. The maximum atomic E-state index is 12.8. The van der Waals surface area contributed by atoms with Crippen LogP contribution in [-0.4, -0.2) is 15.5 Å². The van der Waals surface area contributed by atoms with Crippen LogP contribution in [0.4, 0.5) is 5.69 Å². The van der Waals surface area contributed by atoms with Gasteiger partial charge >= 0.3 is 0 Å². The second-order valence-corrected chi connectivity index (χ2v) is 7.77. The minimum atomic E-state index is -3.71. The lowest BCUT2D eigenvalue weighted by Crippen LogP contribution is -2.09. The summed E-state index contributed by atoms with van der Waals surface area (Å²) in [5, 5.41) is 3.20. The van der Waals surface area contributed by atoms with E-state index in [1.165, 1.54) is 24.3 Å². The zero-order chi connectivity index (χ0) is 16.5. The molecule has 0 heterocycles. The molecule has 0 unspecified atom stereocenters. The first-order valence-electron chi connectivity index (χ1n) is 6.24. The van der Waals surface area contributed by atoms with Crippen LogP contribution in [0.25, 0.3) is 5.70 Å². The summed E-state index contributed by atoms with van der Waals surface area (Å²) >= 11 is 9.39. The van der Waals surface area contributed by atoms with Crippen LogP contribution in [0.5, 0.6) is 0 Å². The van der Waals surface area contributed by atoms with Crippen molar-refractivity contribution >= 4 is 48.8 Å². The number of nitrogens with two attached hydrogens (primary N) is 1. The summed E-state index contributed by atoms with van der Waals surface area (Å²) in [6.07, 6.45) is 0. The van der Waals surface area contributed by atoms with Gasteiger partial charge in [0.1, 0.15) is 0 Å². The number of rotatable bonds is 4. The fraction of sp³-hybridized carbons (Fsp3) is 0.0667. The summed E-state index contributed by atoms with van der Waals surface area (Å²) in [5.41, 5.74) is 6.67. The molecule has 0 aromatic heterocycles. The van der Waals surface area contributed by atoms with Crippen LogP contribution < -0.4 is 11.1 Å². The third kappa shape index (κ3) is 2.99. The van der Waals surface area contributed by atoms with Crippen LogP contribution in [0, 0.1) is 0 Å². The first-order chi connectivity index (χ1) is 10.3. The van der Waals surface area contributed by atoms with E-state index < -0.39 is 9.84 Å². The molecule has 0 atom stereocenters. The lowest BCUT2D eigenvalue weighted by atomic mass is 10.1. The van der Waals surface area contributed by atoms with Crippen LogP contribution >= 0.6 is 27.5 Å². The van der Waals surface area contributed by atoms with Crippen molar-refractivity contribution in [3.8, 4) is 0 Å². The number of anilines is 1. The van der Waals surface area contributed by atoms with Gasteiger partial charge in [-0.1, -0.05) is 34.1 Å². The van der Waals surface area contributed by atoms with Gasteiger partial charge in [0.2, 0.25) is 9.84 Å². The number of halogens is 2. The SMILES string of the molecule is C=C(N)c1c(Cl)ccc(S(=O)(=O)c2ccc(Br)cc2)c1NC. The summed E-state index contributed by atoms with van der Waals surface area (Å²) in [7, 11) is -2.10. The van der Waals surface area contributed by atoms with Crippen molar-refractivity contribution in [2.45, 2.75) is 9.79 Å². The monoisotopic (exact) mass is 400 g/mol. The molecule has 2 aromatic carbocycles. The number of sulfone groups is 1. The van der Waals surface area contributed by atoms with E-state index in [0.717, 1.165) is 4.47 Å². The Balaban J connectivity index is 2.74. The summed E-state index contributed by atoms with van der Waals surface area (Å²) < 4.78 is 26.5. The molecular weight excluding hydrogens is 388 g/mol. The first-order valence-corrected chi connectivity index (χ1v) is 8.90. The Kier molecular flexibility index (Phi) is 4.84. The second-order valence-electron chi connectivity index (χ2n) is 4.53. The van der Waals surface area contributed by atoms with E-state index in [0.29, 0.717) is 16.3 Å². The molecule has 3 N–H and O–H groups in total. The van der Waals surface area contributed by atoms with E-state index in [4.69, 9.17) is 17.3 Å². The Bertz CT molecular complexity index is 833. The van der Waals surface area contributed by atoms with Crippen molar-refractivity contribution in [3.63, 3.8) is 0 Å². The molecule has 0 amide bonds. The summed E-state index contributed by atoms with van der Waals surface area (Å²) in [6, 6.07) is 9.36. The van der Waals surface area contributed by atoms with Gasteiger partial charge in [-0.05, 0) is 36.4 Å². The van der Waals surface area contributed by atoms with E-state index in [2.05, 4.69) is 27.8 Å². The molecule has 0 saturated heterocycles. The average molecular weight is 402 g/mol. The van der Waals surface area contributed by atoms with Gasteiger partial charge in [0, 0.05) is 22.8 Å². The predicted molar refractivity (Wildman–Crippen MR) is 93.8 cm³/mol. The molecule has 0 aliphatic heterocycles. The second kappa shape index (κ2) is 6.32. The van der Waals surface area contributed by atoms with Crippen molar-refractivity contribution in [2.24, 2.45) is 5.73 Å². The Morgan fingerprint density at radius 3 is 2.32 bits per heavy atom. The highest BCUT2D eigenvalue weighted by atomic mass is 79.9. The van der Waals surface area contributed by atoms with E-state index in [1.807, 2.05) is 0 Å². The van der Waals surface area contributed by atoms with E-state index in [-0.39, 0.29) is 15.5 Å². The zero-order valence-electron chi connectivity index (χ0n) is 11.7. The van der Waals surface area contributed by atoms with Crippen LogP contribution in [0.3, 0.4) is 0 Å². The minimum absolute atomic E-state index is 0.100. The number of benzene rings is 2. The van der Waals surface area contributed by atoms with Gasteiger partial charge in [-0.15, -0.1) is 0 Å². The smallest absolute Gasteiger partial charge is 0.208 e. The van der Waals surface area contributed by atoms with Gasteiger partial charge in [-0.2, -0.15) is 0 Å². The van der Waals surface area contributed by atoms with Gasteiger partial charge in [-0.25, -0.2) is 8.42 Å². The molecule has 0 aliphatic rings. The van der Waals surface area contributed by atoms with Crippen LogP contribution in [0.1, 0.15) is 5.56 Å². The summed E-state index contributed by atoms with van der Waals surface area (Å²) in [6.45, 7) is 3.65. The Labute approximate surface area is 143 Å². The van der Waals surface area contributed by atoms with Crippen molar-refractivity contribution < 1.29 is 8.42 Å². The minimum Gasteiger partial charge on any atom is -0.399 e. The molecule has 2 aromatic rings. The predicted octanol–water partition coefficient (Wildman–Crippen LogP) is 3.91. The Hall–Kier alpha value is -1.50. The topological polar surface area (TPSA) is 72.2 Å². The van der Waals surface area contributed by atoms with E-state index in [9.17, 15) is 8.42 Å². The fourth-order valence-corrected chi connectivity index (χ4v) is 4.10. The third-order valence-electron chi connectivity index (χ3n) is 3.10. The zero-order valence-corrected chi connectivity index (χ0v) is 14.9. The molecule has 116 valence electrons. The third-order valence-corrected chi connectivity index (χ3v) is 5.76. The Morgan fingerprint density at radius 2 is 1.82 bits per heavy atom. The molecule has 0 aliphatic carbocycles. The molecule has 7 heteroatoms. The summed E-state index contributed by atoms with van der Waals surface area (Å²) in [4.78, 5) is 0.284. The standard InChI is InChI=1S/C15H14BrClN2O2S/c1-9(18)14-12(17)7-8-13(15(14)19-2)22(20,21)11-5-3-10(16)4-6-11/h3-8,19H,1,18H2,2H3. The van der Waals surface area contributed by atoms with Crippen LogP contribution in [0.2, 0.25) is 5.02 Å². The normalized spacial score (nSPS) is 11.2. The molecule has 0 saturated carbocycles. The van der Waals surface area contributed by atoms with Crippen molar-refractivity contribution in [1.29, 1.82) is 0 Å². The number of hydrogen-bond donors (Lipinski definition) is 2. The molecule has 0 bridgehead atoms. The molecular formula is C15H14BrClN2O2S. The van der Waals surface area contributed by atoms with Crippen molar-refractivity contribution in [1.82, 2.24) is 0 Å². The lowest BCUT2D eigenvalue weighted by molar-refractivity contribution is 0.596. The summed E-state index contributed by atoms with van der Waals surface area (Å²) in [5.74, 6) is 0. The van der Waals surface area contributed by atoms with Gasteiger partial charge < -0.3 is 11.1 Å². The molecule has 0 fully saturated rings.